The third-order valence-corrected chi connectivity index (χ3v) is 1.63. The molecule has 0 aliphatic rings. The van der Waals surface area contributed by atoms with Crippen LogP contribution in [0.3, 0.4) is 0 Å². The summed E-state index contributed by atoms with van der Waals surface area (Å²) in [5, 5.41) is 0. The normalized spacial score (nSPS) is 9.55. The minimum Gasteiger partial charge on any atom is -0.348 e. The van der Waals surface area contributed by atoms with Gasteiger partial charge in [-0.2, -0.15) is 0 Å². The third-order valence-electron chi connectivity index (χ3n) is 1.19. The van der Waals surface area contributed by atoms with Gasteiger partial charge >= 0.3 is 0 Å². The van der Waals surface area contributed by atoms with E-state index in [1.54, 1.807) is 12.3 Å². The number of aromatic amines is 1. The summed E-state index contributed by atoms with van der Waals surface area (Å²) in [5.41, 5.74) is 0.722. The fraction of sp³-hybridized carbons (Fsp3) is 0.143. The monoisotopic (exact) mass is 184 g/mol. The Hall–Kier alpha value is -0.610. The van der Waals surface area contributed by atoms with Crippen molar-refractivity contribution in [2.24, 2.45) is 0 Å². The molecule has 1 aromatic rings. The Morgan fingerprint density at radius 3 is 3.09 bits per heavy atom. The first-order valence-corrected chi connectivity index (χ1v) is 3.98. The zero-order valence-electron chi connectivity index (χ0n) is 5.87. The number of rotatable bonds is 3. The summed E-state index contributed by atoms with van der Waals surface area (Å²) in [6.07, 6.45) is 4.26. The predicted molar refractivity (Wildman–Crippen MR) is 53.2 cm³/mol. The van der Waals surface area contributed by atoms with E-state index in [1.165, 1.54) is 0 Å². The van der Waals surface area contributed by atoms with Crippen molar-refractivity contribution in [3.63, 3.8) is 0 Å². The summed E-state index contributed by atoms with van der Waals surface area (Å²) in [4.78, 5) is 7.12. The van der Waals surface area contributed by atoms with E-state index in [9.17, 15) is 0 Å². The first kappa shape index (κ1) is 8.49. The van der Waals surface area contributed by atoms with E-state index < -0.39 is 0 Å². The van der Waals surface area contributed by atoms with Crippen LogP contribution >= 0.6 is 24.8 Å². The molecular formula is C7H8N2S2. The number of thiol groups is 1. The highest BCUT2D eigenvalue weighted by Gasteiger charge is 2.00. The van der Waals surface area contributed by atoms with Crippen LogP contribution in [0.25, 0.3) is 0 Å². The summed E-state index contributed by atoms with van der Waals surface area (Å²) in [7, 11) is 0. The number of nitrogens with one attached hydrogen (secondary N) is 1. The molecule has 0 bridgehead atoms. The minimum absolute atomic E-state index is 0.511. The highest BCUT2D eigenvalue weighted by atomic mass is 32.1. The Labute approximate surface area is 76.1 Å². The Bertz CT molecular complexity index is 278. The molecule has 0 aliphatic carbocycles. The van der Waals surface area contributed by atoms with Crippen molar-refractivity contribution in [3.8, 4) is 0 Å². The van der Waals surface area contributed by atoms with Gasteiger partial charge in [0, 0.05) is 12.6 Å². The minimum atomic E-state index is 0.511. The van der Waals surface area contributed by atoms with Crippen LogP contribution in [0.15, 0.2) is 18.9 Å². The summed E-state index contributed by atoms with van der Waals surface area (Å²) in [6, 6.07) is 0. The van der Waals surface area contributed by atoms with E-state index in [-0.39, 0.29) is 0 Å². The van der Waals surface area contributed by atoms with Crippen molar-refractivity contribution in [2.75, 3.05) is 0 Å². The van der Waals surface area contributed by atoms with Crippen LogP contribution in [0.4, 0.5) is 0 Å². The van der Waals surface area contributed by atoms with Gasteiger partial charge in [0.25, 0.3) is 0 Å². The maximum Gasteiger partial charge on any atom is 0.110 e. The molecule has 0 fully saturated rings. The number of imidazole rings is 1. The smallest absolute Gasteiger partial charge is 0.110 e. The second kappa shape index (κ2) is 3.69. The SMILES string of the molecule is C=CCc1nc(C(=S)S)c[nH]1. The molecular weight excluding hydrogens is 176 g/mol. The number of nitrogens with zero attached hydrogens (tertiary/aromatic N) is 1. The molecule has 0 amide bonds. The van der Waals surface area contributed by atoms with Crippen molar-refractivity contribution in [3.05, 3.63) is 30.4 Å². The van der Waals surface area contributed by atoms with Gasteiger partial charge in [0.1, 0.15) is 11.5 Å². The van der Waals surface area contributed by atoms with E-state index in [2.05, 4.69) is 29.2 Å². The van der Waals surface area contributed by atoms with Crippen LogP contribution in [0.5, 0.6) is 0 Å². The average molecular weight is 184 g/mol. The van der Waals surface area contributed by atoms with Crippen LogP contribution in [-0.4, -0.2) is 14.2 Å². The molecule has 0 unspecified atom stereocenters. The van der Waals surface area contributed by atoms with Crippen molar-refractivity contribution in [1.82, 2.24) is 9.97 Å². The van der Waals surface area contributed by atoms with Crippen molar-refractivity contribution in [1.29, 1.82) is 0 Å². The zero-order valence-corrected chi connectivity index (χ0v) is 7.58. The Morgan fingerprint density at radius 2 is 2.64 bits per heavy atom. The van der Waals surface area contributed by atoms with Crippen LogP contribution in [0.1, 0.15) is 11.5 Å². The molecule has 4 heteroatoms. The van der Waals surface area contributed by atoms with Gasteiger partial charge in [-0.15, -0.1) is 19.2 Å². The molecule has 58 valence electrons. The van der Waals surface area contributed by atoms with Crippen LogP contribution < -0.4 is 0 Å². The Morgan fingerprint density at radius 1 is 1.91 bits per heavy atom. The quantitative estimate of drug-likeness (QED) is 0.425. The van der Waals surface area contributed by atoms with Crippen LogP contribution in [0, 0.1) is 0 Å². The van der Waals surface area contributed by atoms with Gasteiger partial charge in [0.05, 0.1) is 4.20 Å². The van der Waals surface area contributed by atoms with Crippen molar-refractivity contribution < 1.29 is 0 Å². The van der Waals surface area contributed by atoms with E-state index in [0.717, 1.165) is 17.9 Å². The van der Waals surface area contributed by atoms with Gasteiger partial charge in [-0.1, -0.05) is 18.3 Å². The second-order valence-electron chi connectivity index (χ2n) is 2.03. The molecule has 1 aromatic heterocycles. The maximum atomic E-state index is 4.82. The largest absolute Gasteiger partial charge is 0.348 e. The zero-order chi connectivity index (χ0) is 8.27. The molecule has 0 aliphatic heterocycles. The molecule has 0 aromatic carbocycles. The maximum absolute atomic E-state index is 4.82. The van der Waals surface area contributed by atoms with Gasteiger partial charge in [0.15, 0.2) is 0 Å². The summed E-state index contributed by atoms with van der Waals surface area (Å²) in [5.74, 6) is 0.867. The van der Waals surface area contributed by atoms with Gasteiger partial charge in [-0.25, -0.2) is 4.98 Å². The van der Waals surface area contributed by atoms with Crippen molar-refractivity contribution in [2.45, 2.75) is 6.42 Å². The lowest BCUT2D eigenvalue weighted by Gasteiger charge is -1.85. The van der Waals surface area contributed by atoms with Gasteiger partial charge in [0.2, 0.25) is 0 Å². The number of H-pyrrole nitrogens is 1. The predicted octanol–water partition coefficient (Wildman–Crippen LogP) is 1.74. The molecule has 1 heterocycles. The third kappa shape index (κ3) is 2.17. The molecule has 2 nitrogen and oxygen atoms in total. The van der Waals surface area contributed by atoms with Gasteiger partial charge < -0.3 is 4.98 Å². The number of hydrogen-bond acceptors (Lipinski definition) is 2. The summed E-state index contributed by atoms with van der Waals surface area (Å²) >= 11 is 8.81. The molecule has 11 heavy (non-hydrogen) atoms. The summed E-state index contributed by atoms with van der Waals surface area (Å²) < 4.78 is 0.511. The lowest BCUT2D eigenvalue weighted by Crippen LogP contribution is -1.88. The Kier molecular flexibility index (Phi) is 2.84. The number of aromatic nitrogens is 2. The molecule has 0 atom stereocenters. The Balaban J connectivity index is 2.81. The van der Waals surface area contributed by atoms with Gasteiger partial charge in [-0.05, 0) is 0 Å². The molecule has 1 rings (SSSR count). The van der Waals surface area contributed by atoms with Crippen molar-refractivity contribution >= 4 is 29.0 Å². The molecule has 0 spiro atoms. The molecule has 0 saturated heterocycles. The standard InChI is InChI=1S/C7H8N2S2/c1-2-3-6-8-4-5(9-6)7(10)11/h2,4H,1,3H2,(H,8,9)(H,10,11). The van der Waals surface area contributed by atoms with Crippen LogP contribution in [0.2, 0.25) is 0 Å². The highest BCUT2D eigenvalue weighted by molar-refractivity contribution is 8.11. The fourth-order valence-electron chi connectivity index (χ4n) is 0.712. The number of allylic oxidation sites excluding steroid dienone is 1. The van der Waals surface area contributed by atoms with E-state index in [4.69, 9.17) is 12.2 Å². The van der Waals surface area contributed by atoms with E-state index >= 15 is 0 Å². The van der Waals surface area contributed by atoms with E-state index in [1.807, 2.05) is 0 Å². The number of thiocarbonyl (C=S) groups is 1. The van der Waals surface area contributed by atoms with Crippen LogP contribution in [-0.2, 0) is 6.42 Å². The average Bonchev–Trinajstić information content (AvgIpc) is 2.37. The number of hydrogen-bond donors (Lipinski definition) is 2. The molecule has 0 radical (unpaired) electrons. The fourth-order valence-corrected chi connectivity index (χ4v) is 0.932. The lowest BCUT2D eigenvalue weighted by molar-refractivity contribution is 1.06. The molecule has 1 N–H and O–H groups in total. The summed E-state index contributed by atoms with van der Waals surface area (Å²) in [6.45, 7) is 3.60. The first-order valence-electron chi connectivity index (χ1n) is 3.12. The first-order chi connectivity index (χ1) is 5.24. The topological polar surface area (TPSA) is 28.7 Å². The second-order valence-corrected chi connectivity index (χ2v) is 3.19. The van der Waals surface area contributed by atoms with E-state index in [0.29, 0.717) is 4.20 Å². The lowest BCUT2D eigenvalue weighted by atomic mass is 10.4. The molecule has 0 saturated carbocycles. The highest BCUT2D eigenvalue weighted by Crippen LogP contribution is 2.02. The van der Waals surface area contributed by atoms with Gasteiger partial charge in [-0.3, -0.25) is 0 Å².